The Kier molecular flexibility index (Phi) is 6.73. The number of likely N-dealkylation sites (tertiary alicyclic amines) is 1. The number of hydrogen-bond donors (Lipinski definition) is 1. The van der Waals surface area contributed by atoms with Crippen molar-refractivity contribution in [3.05, 3.63) is 65.2 Å². The van der Waals surface area contributed by atoms with Gasteiger partial charge in [0.05, 0.1) is 12.3 Å². The van der Waals surface area contributed by atoms with E-state index >= 15 is 0 Å². The number of aromatic nitrogens is 3. The number of Topliss-reactive ketones (excluding diaryl/α,β-unsaturated/α-hetero) is 1. The van der Waals surface area contributed by atoms with E-state index in [4.69, 9.17) is 0 Å². The molecule has 2 aliphatic heterocycles. The first-order valence-corrected chi connectivity index (χ1v) is 12.6. The molecule has 34 heavy (non-hydrogen) atoms. The van der Waals surface area contributed by atoms with Crippen molar-refractivity contribution in [3.8, 4) is 5.69 Å². The van der Waals surface area contributed by atoms with Gasteiger partial charge >= 0.3 is 0 Å². The molecule has 1 fully saturated rings. The van der Waals surface area contributed by atoms with Crippen LogP contribution in [0.25, 0.3) is 5.69 Å². The Morgan fingerprint density at radius 2 is 1.82 bits per heavy atom. The number of nitrogens with zero attached hydrogens (tertiary/aromatic N) is 4. The highest BCUT2D eigenvalue weighted by molar-refractivity contribution is 7.99. The van der Waals surface area contributed by atoms with Crippen molar-refractivity contribution in [2.24, 2.45) is 0 Å². The molecule has 176 valence electrons. The van der Waals surface area contributed by atoms with Gasteiger partial charge in [0, 0.05) is 23.4 Å². The van der Waals surface area contributed by atoms with E-state index in [0.29, 0.717) is 30.1 Å². The Balaban J connectivity index is 1.35. The average molecular weight is 480 g/mol. The normalized spacial score (nSPS) is 16.2. The number of benzene rings is 2. The molecule has 1 saturated heterocycles. The number of amides is 1. The molecule has 1 amide bonds. The van der Waals surface area contributed by atoms with Gasteiger partial charge in [-0.1, -0.05) is 18.2 Å². The van der Waals surface area contributed by atoms with E-state index in [1.165, 1.54) is 43.2 Å². The molecule has 0 saturated carbocycles. The Hall–Kier alpha value is -3.04. The van der Waals surface area contributed by atoms with Crippen LogP contribution in [0, 0.1) is 5.82 Å². The third-order valence-corrected chi connectivity index (χ3v) is 7.18. The van der Waals surface area contributed by atoms with Gasteiger partial charge in [-0.2, -0.15) is 0 Å². The highest BCUT2D eigenvalue weighted by Gasteiger charge is 2.21. The fraction of sp³-hybridized carbons (Fsp3) is 0.360. The Morgan fingerprint density at radius 3 is 2.62 bits per heavy atom. The first kappa shape index (κ1) is 22.7. The van der Waals surface area contributed by atoms with E-state index in [9.17, 15) is 14.0 Å². The molecule has 3 aromatic rings. The number of carbonyl (C=O) groups is 2. The molecule has 0 atom stereocenters. The SMILES string of the molecule is O=C1CCc2cc(C(=O)CSc3nnc(CN4CCCCC4)n3-c3ccc(F)cc3)ccc2N1. The van der Waals surface area contributed by atoms with Crippen LogP contribution in [-0.2, 0) is 17.8 Å². The summed E-state index contributed by atoms with van der Waals surface area (Å²) in [7, 11) is 0. The lowest BCUT2D eigenvalue weighted by molar-refractivity contribution is -0.116. The number of rotatable bonds is 7. The van der Waals surface area contributed by atoms with Gasteiger partial charge in [0.15, 0.2) is 16.8 Å². The lowest BCUT2D eigenvalue weighted by atomic mass is 9.99. The van der Waals surface area contributed by atoms with Crippen molar-refractivity contribution in [2.45, 2.75) is 43.8 Å². The van der Waals surface area contributed by atoms with Crippen molar-refractivity contribution < 1.29 is 14.0 Å². The molecule has 5 rings (SSSR count). The quantitative estimate of drug-likeness (QED) is 0.403. The summed E-state index contributed by atoms with van der Waals surface area (Å²) >= 11 is 1.33. The van der Waals surface area contributed by atoms with E-state index in [0.717, 1.165) is 35.9 Å². The maximum absolute atomic E-state index is 13.6. The molecule has 7 nitrogen and oxygen atoms in total. The molecule has 3 heterocycles. The summed E-state index contributed by atoms with van der Waals surface area (Å²) in [5.74, 6) is 0.669. The number of hydrogen-bond acceptors (Lipinski definition) is 6. The summed E-state index contributed by atoms with van der Waals surface area (Å²) < 4.78 is 15.5. The second-order valence-corrected chi connectivity index (χ2v) is 9.62. The van der Waals surface area contributed by atoms with Crippen LogP contribution in [0.15, 0.2) is 47.6 Å². The highest BCUT2D eigenvalue weighted by atomic mass is 32.2. The summed E-state index contributed by atoms with van der Waals surface area (Å²) in [6, 6.07) is 11.7. The topological polar surface area (TPSA) is 80.1 Å². The fourth-order valence-corrected chi connectivity index (χ4v) is 5.30. The molecule has 0 aliphatic carbocycles. The minimum atomic E-state index is -0.303. The van der Waals surface area contributed by atoms with Gasteiger partial charge in [0.1, 0.15) is 5.82 Å². The molecule has 0 bridgehead atoms. The predicted molar refractivity (Wildman–Crippen MR) is 129 cm³/mol. The fourth-order valence-electron chi connectivity index (χ4n) is 4.43. The van der Waals surface area contributed by atoms with Gasteiger partial charge in [-0.05, 0) is 80.4 Å². The van der Waals surface area contributed by atoms with Gasteiger partial charge in [0.2, 0.25) is 5.91 Å². The maximum atomic E-state index is 13.6. The zero-order valence-electron chi connectivity index (χ0n) is 18.8. The lowest BCUT2D eigenvalue weighted by Crippen LogP contribution is -2.30. The summed E-state index contributed by atoms with van der Waals surface area (Å²) in [5, 5.41) is 12.3. The number of anilines is 1. The van der Waals surface area contributed by atoms with E-state index < -0.39 is 0 Å². The van der Waals surface area contributed by atoms with Crippen molar-refractivity contribution in [1.82, 2.24) is 19.7 Å². The molecular weight excluding hydrogens is 453 g/mol. The molecule has 1 aromatic heterocycles. The maximum Gasteiger partial charge on any atom is 0.224 e. The minimum Gasteiger partial charge on any atom is -0.326 e. The largest absolute Gasteiger partial charge is 0.326 e. The van der Waals surface area contributed by atoms with Crippen LogP contribution in [0.5, 0.6) is 0 Å². The van der Waals surface area contributed by atoms with Crippen molar-refractivity contribution in [3.63, 3.8) is 0 Å². The first-order valence-electron chi connectivity index (χ1n) is 11.6. The van der Waals surface area contributed by atoms with Crippen LogP contribution in [0.1, 0.15) is 47.4 Å². The standard InChI is InChI=1S/C25H26FN5O2S/c26-19-6-8-20(9-7-19)31-23(15-30-12-2-1-3-13-30)28-29-25(31)34-16-22(32)18-4-10-21-17(14-18)5-11-24(33)27-21/h4,6-10,14H,1-3,5,11-13,15-16H2,(H,27,33). The number of piperidine rings is 1. The Morgan fingerprint density at radius 1 is 1.03 bits per heavy atom. The van der Waals surface area contributed by atoms with Gasteiger partial charge in [-0.15, -0.1) is 10.2 Å². The number of carbonyl (C=O) groups excluding carboxylic acids is 2. The second kappa shape index (κ2) is 10.1. The third-order valence-electron chi connectivity index (χ3n) is 6.25. The molecule has 2 aliphatic rings. The molecule has 0 radical (unpaired) electrons. The van der Waals surface area contributed by atoms with E-state index in [1.807, 2.05) is 10.6 Å². The van der Waals surface area contributed by atoms with E-state index in [1.54, 1.807) is 24.3 Å². The van der Waals surface area contributed by atoms with Gasteiger partial charge in [-0.3, -0.25) is 19.1 Å². The average Bonchev–Trinajstić information content (AvgIpc) is 3.25. The van der Waals surface area contributed by atoms with Crippen LogP contribution in [0.3, 0.4) is 0 Å². The number of thioether (sulfide) groups is 1. The van der Waals surface area contributed by atoms with E-state index in [-0.39, 0.29) is 23.3 Å². The number of halogens is 1. The van der Waals surface area contributed by atoms with Crippen LogP contribution >= 0.6 is 11.8 Å². The summed E-state index contributed by atoms with van der Waals surface area (Å²) in [4.78, 5) is 26.9. The van der Waals surface area contributed by atoms with Gasteiger partial charge < -0.3 is 5.32 Å². The Labute approximate surface area is 201 Å². The summed E-state index contributed by atoms with van der Waals surface area (Å²) in [6.45, 7) is 2.71. The van der Waals surface area contributed by atoms with Crippen LogP contribution in [0.4, 0.5) is 10.1 Å². The molecule has 0 unspecified atom stereocenters. The summed E-state index contributed by atoms with van der Waals surface area (Å²) in [6.07, 6.45) is 4.66. The van der Waals surface area contributed by atoms with E-state index in [2.05, 4.69) is 20.4 Å². The number of ketones is 1. The number of fused-ring (bicyclic) bond motifs is 1. The zero-order chi connectivity index (χ0) is 23.5. The monoisotopic (exact) mass is 479 g/mol. The number of aryl methyl sites for hydroxylation is 1. The molecule has 9 heteroatoms. The predicted octanol–water partition coefficient (Wildman–Crippen LogP) is 4.25. The van der Waals surface area contributed by atoms with Crippen molar-refractivity contribution in [2.75, 3.05) is 24.2 Å². The van der Waals surface area contributed by atoms with Crippen LogP contribution in [0.2, 0.25) is 0 Å². The second-order valence-electron chi connectivity index (χ2n) is 8.68. The third kappa shape index (κ3) is 5.05. The molecule has 0 spiro atoms. The van der Waals surface area contributed by atoms with Gasteiger partial charge in [-0.25, -0.2) is 4.39 Å². The molecule has 1 N–H and O–H groups in total. The van der Waals surface area contributed by atoms with Gasteiger partial charge in [0.25, 0.3) is 0 Å². The Bertz CT molecular complexity index is 1200. The van der Waals surface area contributed by atoms with Crippen molar-refractivity contribution in [1.29, 1.82) is 0 Å². The molecule has 2 aromatic carbocycles. The first-order chi connectivity index (χ1) is 16.6. The minimum absolute atomic E-state index is 0.00243. The lowest BCUT2D eigenvalue weighted by Gasteiger charge is -2.26. The van der Waals surface area contributed by atoms with Crippen molar-refractivity contribution >= 4 is 29.1 Å². The van der Waals surface area contributed by atoms with Crippen LogP contribution in [-0.4, -0.2) is 50.2 Å². The zero-order valence-corrected chi connectivity index (χ0v) is 19.6. The van der Waals surface area contributed by atoms with Crippen LogP contribution < -0.4 is 5.32 Å². The molecular formula is C25H26FN5O2S. The number of nitrogens with one attached hydrogen (secondary N) is 1. The highest BCUT2D eigenvalue weighted by Crippen LogP contribution is 2.27. The smallest absolute Gasteiger partial charge is 0.224 e. The summed E-state index contributed by atoms with van der Waals surface area (Å²) in [5.41, 5.74) is 3.15.